The number of nitrogens with one attached hydrogen (secondary N) is 1. The first-order valence-corrected chi connectivity index (χ1v) is 8.69. The molecule has 1 aromatic heterocycles. The van der Waals surface area contributed by atoms with Gasteiger partial charge in [-0.25, -0.2) is 4.98 Å². The number of carbonyl (C=O) groups is 1. The summed E-state index contributed by atoms with van der Waals surface area (Å²) >= 11 is 1.35. The minimum atomic E-state index is -0.250. The van der Waals surface area contributed by atoms with E-state index in [2.05, 4.69) is 10.3 Å². The number of benzene rings is 2. The fourth-order valence-corrected chi connectivity index (χ4v) is 3.13. The lowest BCUT2D eigenvalue weighted by Crippen LogP contribution is -2.20. The molecular formula is C18H19N3O3S. The van der Waals surface area contributed by atoms with Gasteiger partial charge < -0.3 is 20.5 Å². The zero-order chi connectivity index (χ0) is 17.8. The lowest BCUT2D eigenvalue weighted by molar-refractivity contribution is -0.118. The highest BCUT2D eigenvalue weighted by Crippen LogP contribution is 2.34. The Hall–Kier alpha value is -2.80. The lowest BCUT2D eigenvalue weighted by atomic mass is 10.2. The second kappa shape index (κ2) is 7.40. The monoisotopic (exact) mass is 357 g/mol. The van der Waals surface area contributed by atoms with Gasteiger partial charge in [0.1, 0.15) is 17.0 Å². The van der Waals surface area contributed by atoms with Crippen LogP contribution in [0.2, 0.25) is 0 Å². The second-order valence-electron chi connectivity index (χ2n) is 5.46. The quantitative estimate of drug-likeness (QED) is 0.704. The zero-order valence-electron chi connectivity index (χ0n) is 14.0. The minimum Gasteiger partial charge on any atom is -0.491 e. The van der Waals surface area contributed by atoms with E-state index in [1.54, 1.807) is 6.07 Å². The highest BCUT2D eigenvalue weighted by Gasteiger charge is 2.12. The number of ether oxygens (including phenoxy) is 2. The van der Waals surface area contributed by atoms with Crippen molar-refractivity contribution in [3.05, 3.63) is 42.0 Å². The van der Waals surface area contributed by atoms with Crippen molar-refractivity contribution in [2.45, 2.75) is 13.8 Å². The first-order chi connectivity index (χ1) is 12.0. The number of aromatic nitrogens is 1. The third kappa shape index (κ3) is 4.19. The topological polar surface area (TPSA) is 86.5 Å². The molecule has 0 fully saturated rings. The van der Waals surface area contributed by atoms with E-state index < -0.39 is 0 Å². The maximum Gasteiger partial charge on any atom is 0.262 e. The number of anilines is 2. The molecule has 3 rings (SSSR count). The van der Waals surface area contributed by atoms with E-state index in [1.807, 2.05) is 44.2 Å². The third-order valence-electron chi connectivity index (χ3n) is 3.45. The van der Waals surface area contributed by atoms with E-state index >= 15 is 0 Å². The Morgan fingerprint density at radius 3 is 2.72 bits per heavy atom. The number of fused-ring (bicyclic) bond motifs is 1. The Kier molecular flexibility index (Phi) is 5.04. The van der Waals surface area contributed by atoms with Gasteiger partial charge in [0.15, 0.2) is 11.7 Å². The summed E-state index contributed by atoms with van der Waals surface area (Å²) in [5.41, 5.74) is 8.24. The predicted molar refractivity (Wildman–Crippen MR) is 101 cm³/mol. The van der Waals surface area contributed by atoms with Crippen LogP contribution in [0, 0.1) is 6.92 Å². The molecule has 6 nitrogen and oxygen atoms in total. The van der Waals surface area contributed by atoms with Gasteiger partial charge in [-0.3, -0.25) is 4.79 Å². The maximum absolute atomic E-state index is 12.1. The number of hydrogen-bond donors (Lipinski definition) is 2. The van der Waals surface area contributed by atoms with Gasteiger partial charge in [0.2, 0.25) is 0 Å². The average Bonchev–Trinajstić information content (AvgIpc) is 2.95. The zero-order valence-corrected chi connectivity index (χ0v) is 14.9. The molecule has 3 aromatic rings. The fraction of sp³-hybridized carbons (Fsp3) is 0.222. The van der Waals surface area contributed by atoms with Crippen molar-refractivity contribution < 1.29 is 14.3 Å². The molecule has 25 heavy (non-hydrogen) atoms. The summed E-state index contributed by atoms with van der Waals surface area (Å²) in [5, 5.41) is 3.28. The predicted octanol–water partition coefficient (Wildman–Crippen LogP) is 3.60. The van der Waals surface area contributed by atoms with Crippen LogP contribution in [-0.4, -0.2) is 24.1 Å². The second-order valence-corrected chi connectivity index (χ2v) is 6.52. The number of nitrogen functional groups attached to an aromatic ring is 1. The first kappa shape index (κ1) is 17.0. The van der Waals surface area contributed by atoms with E-state index in [0.717, 1.165) is 10.3 Å². The Morgan fingerprint density at radius 2 is 2.00 bits per heavy atom. The molecule has 3 N–H and O–H groups in total. The summed E-state index contributed by atoms with van der Waals surface area (Å²) in [5.74, 6) is 1.00. The summed E-state index contributed by atoms with van der Waals surface area (Å²) in [7, 11) is 0. The molecule has 0 aliphatic carbocycles. The van der Waals surface area contributed by atoms with Crippen LogP contribution < -0.4 is 20.5 Å². The number of amides is 1. The number of aryl methyl sites for hydroxylation is 1. The molecule has 0 aliphatic rings. The van der Waals surface area contributed by atoms with Crippen LogP contribution in [0.3, 0.4) is 0 Å². The van der Waals surface area contributed by atoms with Crippen LogP contribution in [0.4, 0.5) is 10.8 Å². The van der Waals surface area contributed by atoms with Crippen LogP contribution in [0.15, 0.2) is 36.4 Å². The van der Waals surface area contributed by atoms with Crippen molar-refractivity contribution in [2.75, 3.05) is 24.3 Å². The molecule has 1 amide bonds. The van der Waals surface area contributed by atoms with Crippen LogP contribution in [0.5, 0.6) is 11.5 Å². The number of nitrogens with two attached hydrogens (primary N) is 1. The smallest absolute Gasteiger partial charge is 0.262 e. The van der Waals surface area contributed by atoms with Crippen molar-refractivity contribution >= 4 is 38.3 Å². The largest absolute Gasteiger partial charge is 0.491 e. The van der Waals surface area contributed by atoms with Gasteiger partial charge >= 0.3 is 0 Å². The van der Waals surface area contributed by atoms with Gasteiger partial charge in [0.25, 0.3) is 5.91 Å². The number of hydrogen-bond acceptors (Lipinski definition) is 6. The molecule has 0 saturated heterocycles. The Morgan fingerprint density at radius 1 is 1.24 bits per heavy atom. The van der Waals surface area contributed by atoms with Crippen molar-refractivity contribution in [2.24, 2.45) is 0 Å². The minimum absolute atomic E-state index is 0.0735. The molecule has 0 saturated carbocycles. The molecule has 0 unspecified atom stereocenters. The molecule has 0 bridgehead atoms. The van der Waals surface area contributed by atoms with E-state index in [4.69, 9.17) is 15.2 Å². The highest BCUT2D eigenvalue weighted by molar-refractivity contribution is 7.22. The molecule has 130 valence electrons. The molecular weight excluding hydrogens is 338 g/mol. The van der Waals surface area contributed by atoms with Gasteiger partial charge in [0, 0.05) is 11.8 Å². The van der Waals surface area contributed by atoms with Crippen molar-refractivity contribution in [3.8, 4) is 11.5 Å². The average molecular weight is 357 g/mol. The fourth-order valence-electron chi connectivity index (χ4n) is 2.33. The van der Waals surface area contributed by atoms with E-state index in [-0.39, 0.29) is 12.5 Å². The van der Waals surface area contributed by atoms with Crippen molar-refractivity contribution in [1.29, 1.82) is 0 Å². The number of nitrogens with zero attached hydrogens (tertiary/aromatic N) is 1. The Balaban J connectivity index is 1.70. The number of carbonyl (C=O) groups excluding carboxylic acids is 1. The molecule has 0 atom stereocenters. The molecule has 1 heterocycles. The summed E-state index contributed by atoms with van der Waals surface area (Å²) in [6.07, 6.45) is 0. The lowest BCUT2D eigenvalue weighted by Gasteiger charge is -2.10. The van der Waals surface area contributed by atoms with Crippen LogP contribution in [0.1, 0.15) is 12.5 Å². The van der Waals surface area contributed by atoms with E-state index in [1.165, 1.54) is 11.3 Å². The summed E-state index contributed by atoms with van der Waals surface area (Å²) in [6, 6.07) is 11.1. The summed E-state index contributed by atoms with van der Waals surface area (Å²) in [4.78, 5) is 16.4. The van der Waals surface area contributed by atoms with Gasteiger partial charge in [-0.15, -0.1) is 0 Å². The normalized spacial score (nSPS) is 10.6. The van der Waals surface area contributed by atoms with E-state index in [0.29, 0.717) is 34.4 Å². The molecule has 0 spiro atoms. The third-order valence-corrected chi connectivity index (χ3v) is 4.28. The van der Waals surface area contributed by atoms with Gasteiger partial charge in [-0.05, 0) is 32.0 Å². The number of rotatable bonds is 6. The molecule has 7 heteroatoms. The van der Waals surface area contributed by atoms with Gasteiger partial charge in [-0.1, -0.05) is 29.0 Å². The molecule has 2 aromatic carbocycles. The van der Waals surface area contributed by atoms with Crippen LogP contribution >= 0.6 is 11.3 Å². The highest BCUT2D eigenvalue weighted by atomic mass is 32.1. The SMILES string of the molecule is CCOc1cc(NC(=O)COc2ccc(C)cc2)cc2sc(N)nc12. The maximum atomic E-state index is 12.1. The first-order valence-electron chi connectivity index (χ1n) is 7.87. The Labute approximate surface area is 149 Å². The van der Waals surface area contributed by atoms with Crippen LogP contribution in [0.25, 0.3) is 10.2 Å². The van der Waals surface area contributed by atoms with E-state index in [9.17, 15) is 4.79 Å². The molecule has 0 aliphatic heterocycles. The summed E-state index contributed by atoms with van der Waals surface area (Å²) in [6.45, 7) is 4.31. The standard InChI is InChI=1S/C18H19N3O3S/c1-3-23-14-8-12(9-15-17(14)21-18(19)25-15)20-16(22)10-24-13-6-4-11(2)5-7-13/h4-9H,3,10H2,1-2H3,(H2,19,21)(H,20,22). The molecule has 0 radical (unpaired) electrons. The Bertz CT molecular complexity index is 890. The van der Waals surface area contributed by atoms with Crippen molar-refractivity contribution in [1.82, 2.24) is 4.98 Å². The van der Waals surface area contributed by atoms with Gasteiger partial charge in [-0.2, -0.15) is 0 Å². The summed E-state index contributed by atoms with van der Waals surface area (Å²) < 4.78 is 12.0. The number of thiazole rings is 1. The van der Waals surface area contributed by atoms with Gasteiger partial charge in [0.05, 0.1) is 11.3 Å². The van der Waals surface area contributed by atoms with Crippen molar-refractivity contribution in [3.63, 3.8) is 0 Å². The van der Waals surface area contributed by atoms with Crippen LogP contribution in [-0.2, 0) is 4.79 Å².